The van der Waals surface area contributed by atoms with Crippen LogP contribution in [0.4, 0.5) is 4.39 Å². The molecule has 0 radical (unpaired) electrons. The van der Waals surface area contributed by atoms with Crippen LogP contribution in [0.25, 0.3) is 5.69 Å². The fourth-order valence-corrected chi connectivity index (χ4v) is 3.44. The molecule has 3 rings (SSSR count). The Morgan fingerprint density at radius 2 is 2.08 bits per heavy atom. The highest BCUT2D eigenvalue weighted by Crippen LogP contribution is 2.22. The van der Waals surface area contributed by atoms with Crippen molar-refractivity contribution in [1.82, 2.24) is 14.9 Å². The molecule has 0 aliphatic carbocycles. The lowest BCUT2D eigenvalue weighted by Crippen LogP contribution is -2.28. The average Bonchev–Trinajstić information content (AvgIpc) is 3.09. The van der Waals surface area contributed by atoms with E-state index in [1.54, 1.807) is 24.4 Å². The van der Waals surface area contributed by atoms with Crippen LogP contribution in [0.5, 0.6) is 0 Å². The molecule has 1 atom stereocenters. The van der Waals surface area contributed by atoms with Crippen LogP contribution < -0.4 is 5.32 Å². The molecular formula is C19H17ClFN3OS. The van der Waals surface area contributed by atoms with E-state index < -0.39 is 0 Å². The molecular weight excluding hydrogens is 373 g/mol. The summed E-state index contributed by atoms with van der Waals surface area (Å²) in [5.74, 6) is -0.188. The first-order chi connectivity index (χ1) is 12.5. The van der Waals surface area contributed by atoms with Gasteiger partial charge in [0.05, 0.1) is 11.8 Å². The minimum Gasteiger partial charge on any atom is -0.349 e. The molecule has 0 saturated carbocycles. The number of nitrogens with one attached hydrogen (secondary N) is 1. The maximum absolute atomic E-state index is 13.0. The zero-order valence-electron chi connectivity index (χ0n) is 14.0. The van der Waals surface area contributed by atoms with E-state index in [0.29, 0.717) is 10.2 Å². The first kappa shape index (κ1) is 18.5. The lowest BCUT2D eigenvalue weighted by Gasteiger charge is -2.14. The number of nitrogens with zero attached hydrogens (tertiary/aromatic N) is 2. The normalized spacial score (nSPS) is 12.0. The first-order valence-electron chi connectivity index (χ1n) is 8.00. The van der Waals surface area contributed by atoms with Gasteiger partial charge in [-0.1, -0.05) is 41.6 Å². The molecule has 1 amide bonds. The van der Waals surface area contributed by atoms with Crippen molar-refractivity contribution < 1.29 is 9.18 Å². The van der Waals surface area contributed by atoms with E-state index in [2.05, 4.69) is 10.3 Å². The van der Waals surface area contributed by atoms with Crippen molar-refractivity contribution in [2.75, 3.05) is 5.75 Å². The topological polar surface area (TPSA) is 46.9 Å². The van der Waals surface area contributed by atoms with Crippen LogP contribution in [-0.2, 0) is 4.79 Å². The molecule has 0 saturated heterocycles. The van der Waals surface area contributed by atoms with Crippen LogP contribution in [0, 0.1) is 5.82 Å². The number of amides is 1. The molecule has 0 aliphatic heterocycles. The Balaban J connectivity index is 1.60. The van der Waals surface area contributed by atoms with Crippen molar-refractivity contribution in [3.8, 4) is 5.69 Å². The second-order valence-electron chi connectivity index (χ2n) is 5.69. The zero-order valence-corrected chi connectivity index (χ0v) is 15.6. The number of imidazole rings is 1. The van der Waals surface area contributed by atoms with E-state index >= 15 is 0 Å². The summed E-state index contributed by atoms with van der Waals surface area (Å²) in [6, 6.07) is 13.3. The van der Waals surface area contributed by atoms with Gasteiger partial charge >= 0.3 is 0 Å². The van der Waals surface area contributed by atoms with Crippen LogP contribution in [-0.4, -0.2) is 21.2 Å². The molecule has 0 bridgehead atoms. The van der Waals surface area contributed by atoms with Crippen LogP contribution in [0.15, 0.2) is 66.1 Å². The van der Waals surface area contributed by atoms with Gasteiger partial charge in [-0.2, -0.15) is 0 Å². The number of benzene rings is 2. The summed E-state index contributed by atoms with van der Waals surface area (Å²) in [5, 5.41) is 4.25. The second kappa shape index (κ2) is 8.38. The quantitative estimate of drug-likeness (QED) is 0.625. The van der Waals surface area contributed by atoms with Gasteiger partial charge < -0.3 is 5.32 Å². The molecule has 2 aromatic carbocycles. The van der Waals surface area contributed by atoms with Crippen LogP contribution in [0.2, 0.25) is 5.02 Å². The van der Waals surface area contributed by atoms with E-state index in [0.717, 1.165) is 11.3 Å². The Labute approximate surface area is 160 Å². The largest absolute Gasteiger partial charge is 0.349 e. The van der Waals surface area contributed by atoms with Gasteiger partial charge in [-0.3, -0.25) is 9.36 Å². The molecule has 26 heavy (non-hydrogen) atoms. The molecule has 134 valence electrons. The van der Waals surface area contributed by atoms with Crippen LogP contribution >= 0.6 is 23.4 Å². The highest BCUT2D eigenvalue weighted by atomic mass is 35.5. The maximum Gasteiger partial charge on any atom is 0.230 e. The highest BCUT2D eigenvalue weighted by molar-refractivity contribution is 7.99. The Morgan fingerprint density at radius 3 is 2.81 bits per heavy atom. The summed E-state index contributed by atoms with van der Waals surface area (Å²) in [6.07, 6.45) is 3.51. The van der Waals surface area contributed by atoms with Crippen molar-refractivity contribution >= 4 is 29.3 Å². The Bertz CT molecular complexity index is 898. The third-order valence-corrected chi connectivity index (χ3v) is 4.97. The standard InChI is InChI=1S/C19H17ClFN3OS/c1-13(14-5-7-16(21)8-6-14)23-18(25)12-26-19-22-9-10-24(19)17-4-2-3-15(20)11-17/h2-11,13H,12H2,1H3,(H,23,25). The van der Waals surface area contributed by atoms with Gasteiger partial charge in [-0.25, -0.2) is 9.37 Å². The van der Waals surface area contributed by atoms with Crippen LogP contribution in [0.1, 0.15) is 18.5 Å². The molecule has 0 fully saturated rings. The minimum atomic E-state index is -0.296. The van der Waals surface area contributed by atoms with Crippen molar-refractivity contribution in [1.29, 1.82) is 0 Å². The Morgan fingerprint density at radius 1 is 1.31 bits per heavy atom. The van der Waals surface area contributed by atoms with Gasteiger partial charge in [-0.05, 0) is 42.8 Å². The molecule has 1 N–H and O–H groups in total. The molecule has 0 spiro atoms. The second-order valence-corrected chi connectivity index (χ2v) is 7.07. The summed E-state index contributed by atoms with van der Waals surface area (Å²) >= 11 is 7.38. The van der Waals surface area contributed by atoms with Gasteiger partial charge in [-0.15, -0.1) is 0 Å². The van der Waals surface area contributed by atoms with Gasteiger partial charge in [0.1, 0.15) is 5.82 Å². The van der Waals surface area contributed by atoms with Crippen molar-refractivity contribution in [2.45, 2.75) is 18.1 Å². The van der Waals surface area contributed by atoms with Gasteiger partial charge in [0.2, 0.25) is 5.91 Å². The smallest absolute Gasteiger partial charge is 0.230 e. The number of thioether (sulfide) groups is 1. The molecule has 0 aliphatic rings. The number of carbonyl (C=O) groups is 1. The average molecular weight is 390 g/mol. The zero-order chi connectivity index (χ0) is 18.5. The number of rotatable bonds is 6. The van der Waals surface area contributed by atoms with E-state index in [1.165, 1.54) is 23.9 Å². The third kappa shape index (κ3) is 4.65. The van der Waals surface area contributed by atoms with E-state index in [1.807, 2.05) is 35.9 Å². The molecule has 1 aromatic heterocycles. The van der Waals surface area contributed by atoms with Gasteiger partial charge in [0.15, 0.2) is 5.16 Å². The van der Waals surface area contributed by atoms with Gasteiger partial charge in [0, 0.05) is 23.1 Å². The first-order valence-corrected chi connectivity index (χ1v) is 9.36. The monoisotopic (exact) mass is 389 g/mol. The minimum absolute atomic E-state index is 0.118. The number of halogens is 2. The number of aromatic nitrogens is 2. The van der Waals surface area contributed by atoms with Gasteiger partial charge in [0.25, 0.3) is 0 Å². The predicted octanol–water partition coefficient (Wildman–Crippen LogP) is 4.63. The summed E-state index contributed by atoms with van der Waals surface area (Å²) in [6.45, 7) is 1.86. The molecule has 3 aromatic rings. The Hall–Kier alpha value is -2.31. The number of hydrogen-bond acceptors (Lipinski definition) is 3. The summed E-state index contributed by atoms with van der Waals surface area (Å²) < 4.78 is 14.9. The Kier molecular flexibility index (Phi) is 5.96. The predicted molar refractivity (Wildman–Crippen MR) is 102 cm³/mol. The van der Waals surface area contributed by atoms with E-state index in [4.69, 9.17) is 11.6 Å². The maximum atomic E-state index is 13.0. The fraction of sp³-hybridized carbons (Fsp3) is 0.158. The lowest BCUT2D eigenvalue weighted by molar-refractivity contribution is -0.119. The van der Waals surface area contributed by atoms with E-state index in [9.17, 15) is 9.18 Å². The van der Waals surface area contributed by atoms with Crippen molar-refractivity contribution in [2.24, 2.45) is 0 Å². The van der Waals surface area contributed by atoms with E-state index in [-0.39, 0.29) is 23.5 Å². The number of carbonyl (C=O) groups excluding carboxylic acids is 1. The summed E-state index contributed by atoms with van der Waals surface area (Å²) in [7, 11) is 0. The third-order valence-electron chi connectivity index (χ3n) is 3.77. The summed E-state index contributed by atoms with van der Waals surface area (Å²) in [5.41, 5.74) is 1.74. The lowest BCUT2D eigenvalue weighted by atomic mass is 10.1. The SMILES string of the molecule is CC(NC(=O)CSc1nccn1-c1cccc(Cl)c1)c1ccc(F)cc1. The van der Waals surface area contributed by atoms with Crippen molar-refractivity contribution in [3.63, 3.8) is 0 Å². The fourth-order valence-electron chi connectivity index (χ4n) is 2.47. The molecule has 1 unspecified atom stereocenters. The molecule has 7 heteroatoms. The summed E-state index contributed by atoms with van der Waals surface area (Å²) in [4.78, 5) is 16.5. The molecule has 4 nitrogen and oxygen atoms in total. The number of hydrogen-bond donors (Lipinski definition) is 1. The van der Waals surface area contributed by atoms with Crippen LogP contribution in [0.3, 0.4) is 0 Å². The van der Waals surface area contributed by atoms with Crippen molar-refractivity contribution in [3.05, 3.63) is 77.3 Å². The highest BCUT2D eigenvalue weighted by Gasteiger charge is 2.12. The molecule has 1 heterocycles.